The number of rotatable bonds is 1. The molecule has 0 amide bonds. The smallest absolute Gasteiger partial charge is 0.120 e. The second-order valence-electron chi connectivity index (χ2n) is 2.68. The van der Waals surface area contributed by atoms with Gasteiger partial charge in [0.05, 0.1) is 6.04 Å². The molecule has 0 aromatic carbocycles. The lowest BCUT2D eigenvalue weighted by molar-refractivity contribution is 0.456. The molecule has 0 saturated carbocycles. The van der Waals surface area contributed by atoms with Crippen molar-refractivity contribution in [3.63, 3.8) is 0 Å². The Balaban J connectivity index is 0.000001000. The molecule has 2 N–H and O–H groups in total. The molecule has 0 spiro atoms. The summed E-state index contributed by atoms with van der Waals surface area (Å²) in [5, 5.41) is 0. The highest BCUT2D eigenvalue weighted by molar-refractivity contribution is 5.85. The molecule has 1 aromatic rings. The summed E-state index contributed by atoms with van der Waals surface area (Å²) in [5.41, 5.74) is 6.78. The maximum absolute atomic E-state index is 5.60. The second-order valence-corrected chi connectivity index (χ2v) is 2.68. The Labute approximate surface area is 73.2 Å². The van der Waals surface area contributed by atoms with Crippen LogP contribution in [0.4, 0.5) is 0 Å². The van der Waals surface area contributed by atoms with Gasteiger partial charge in [-0.2, -0.15) is 0 Å². The van der Waals surface area contributed by atoms with Crippen molar-refractivity contribution in [2.75, 3.05) is 0 Å². The van der Waals surface area contributed by atoms with E-state index in [9.17, 15) is 0 Å². The Kier molecular flexibility index (Phi) is 3.63. The summed E-state index contributed by atoms with van der Waals surface area (Å²) in [5.74, 6) is 1.84. The maximum Gasteiger partial charge on any atom is 0.120 e. The molecule has 3 heteroatoms. The van der Waals surface area contributed by atoms with E-state index in [1.54, 1.807) is 0 Å². The van der Waals surface area contributed by atoms with Crippen molar-refractivity contribution in [3.8, 4) is 0 Å². The van der Waals surface area contributed by atoms with Crippen molar-refractivity contribution >= 4 is 12.4 Å². The number of hydrogen-bond donors (Lipinski definition) is 1. The minimum absolute atomic E-state index is 0. The zero-order chi connectivity index (χ0) is 7.72. The predicted octanol–water partition coefficient (Wildman–Crippen LogP) is 2.34. The van der Waals surface area contributed by atoms with Crippen molar-refractivity contribution in [1.29, 1.82) is 0 Å². The molecule has 0 aliphatic carbocycles. The third-order valence-corrected chi connectivity index (χ3v) is 1.63. The van der Waals surface area contributed by atoms with E-state index in [0.29, 0.717) is 0 Å². The van der Waals surface area contributed by atoms with Gasteiger partial charge < -0.3 is 10.2 Å². The fraction of sp³-hybridized carbons (Fsp3) is 0.500. The zero-order valence-electron chi connectivity index (χ0n) is 7.05. The molecule has 0 aliphatic rings. The molecular formula is C8H14ClNO. The monoisotopic (exact) mass is 175 g/mol. The zero-order valence-corrected chi connectivity index (χ0v) is 7.87. The molecule has 0 aliphatic heterocycles. The molecule has 0 saturated heterocycles. The number of hydrogen-bond acceptors (Lipinski definition) is 2. The summed E-state index contributed by atoms with van der Waals surface area (Å²) >= 11 is 0. The number of halogens is 1. The highest BCUT2D eigenvalue weighted by atomic mass is 35.5. The second kappa shape index (κ2) is 3.79. The SMILES string of the molecule is Cc1cc([C@H](C)N)oc1C.Cl. The molecule has 0 radical (unpaired) electrons. The van der Waals surface area contributed by atoms with Crippen molar-refractivity contribution in [1.82, 2.24) is 0 Å². The summed E-state index contributed by atoms with van der Waals surface area (Å²) in [7, 11) is 0. The summed E-state index contributed by atoms with van der Waals surface area (Å²) in [6.07, 6.45) is 0. The van der Waals surface area contributed by atoms with Gasteiger partial charge in [-0.25, -0.2) is 0 Å². The van der Waals surface area contributed by atoms with Gasteiger partial charge in [-0.15, -0.1) is 12.4 Å². The molecule has 64 valence electrons. The molecule has 0 bridgehead atoms. The van der Waals surface area contributed by atoms with Crippen LogP contribution in [-0.4, -0.2) is 0 Å². The lowest BCUT2D eigenvalue weighted by atomic mass is 10.2. The summed E-state index contributed by atoms with van der Waals surface area (Å²) < 4.78 is 5.35. The molecule has 1 atom stereocenters. The molecule has 0 unspecified atom stereocenters. The van der Waals surface area contributed by atoms with E-state index in [4.69, 9.17) is 10.2 Å². The van der Waals surface area contributed by atoms with Crippen LogP contribution in [0.1, 0.15) is 30.0 Å². The highest BCUT2D eigenvalue weighted by Gasteiger charge is 2.05. The first-order valence-corrected chi connectivity index (χ1v) is 3.43. The molecule has 1 aromatic heterocycles. The number of aryl methyl sites for hydroxylation is 2. The molecule has 0 fully saturated rings. The van der Waals surface area contributed by atoms with E-state index < -0.39 is 0 Å². The Morgan fingerprint density at radius 2 is 2.00 bits per heavy atom. The third kappa shape index (κ3) is 2.24. The predicted molar refractivity (Wildman–Crippen MR) is 48.0 cm³/mol. The topological polar surface area (TPSA) is 39.2 Å². The first-order valence-electron chi connectivity index (χ1n) is 3.43. The lowest BCUT2D eigenvalue weighted by Crippen LogP contribution is -2.02. The van der Waals surface area contributed by atoms with Crippen LogP contribution in [0.3, 0.4) is 0 Å². The highest BCUT2D eigenvalue weighted by Crippen LogP contribution is 2.17. The van der Waals surface area contributed by atoms with E-state index >= 15 is 0 Å². The first kappa shape index (κ1) is 10.5. The molecule has 1 rings (SSSR count). The van der Waals surface area contributed by atoms with E-state index in [1.165, 1.54) is 5.56 Å². The van der Waals surface area contributed by atoms with Crippen molar-refractivity contribution in [2.24, 2.45) is 5.73 Å². The Morgan fingerprint density at radius 1 is 1.45 bits per heavy atom. The van der Waals surface area contributed by atoms with Crippen LogP contribution in [0.25, 0.3) is 0 Å². The minimum atomic E-state index is 0. The van der Waals surface area contributed by atoms with Crippen molar-refractivity contribution in [2.45, 2.75) is 26.8 Å². The average molecular weight is 176 g/mol. The van der Waals surface area contributed by atoms with Crippen LogP contribution in [0.5, 0.6) is 0 Å². The molecule has 2 nitrogen and oxygen atoms in total. The molecule has 11 heavy (non-hydrogen) atoms. The standard InChI is InChI=1S/C8H13NO.ClH/c1-5-4-8(6(2)9)10-7(5)3;/h4,6H,9H2,1-3H3;1H/t6-;/m0./s1. The van der Waals surface area contributed by atoms with Gasteiger partial charge in [0.1, 0.15) is 11.5 Å². The largest absolute Gasteiger partial charge is 0.464 e. The van der Waals surface area contributed by atoms with E-state index in [2.05, 4.69) is 0 Å². The van der Waals surface area contributed by atoms with Crippen molar-refractivity contribution in [3.05, 3.63) is 23.2 Å². The lowest BCUT2D eigenvalue weighted by Gasteiger charge is -1.96. The summed E-state index contributed by atoms with van der Waals surface area (Å²) in [6.45, 7) is 5.88. The van der Waals surface area contributed by atoms with Crippen LogP contribution >= 0.6 is 12.4 Å². The molecule has 1 heterocycles. The van der Waals surface area contributed by atoms with E-state index in [-0.39, 0.29) is 18.4 Å². The van der Waals surface area contributed by atoms with Gasteiger partial charge >= 0.3 is 0 Å². The van der Waals surface area contributed by atoms with Crippen molar-refractivity contribution < 1.29 is 4.42 Å². The fourth-order valence-corrected chi connectivity index (χ4v) is 0.826. The van der Waals surface area contributed by atoms with Crippen LogP contribution in [0.15, 0.2) is 10.5 Å². The van der Waals surface area contributed by atoms with Gasteiger partial charge in [0.15, 0.2) is 0 Å². The Bertz CT molecular complexity index is 210. The Morgan fingerprint density at radius 3 is 2.18 bits per heavy atom. The summed E-state index contributed by atoms with van der Waals surface area (Å²) in [4.78, 5) is 0. The normalized spacial score (nSPS) is 12.4. The van der Waals surface area contributed by atoms with Crippen LogP contribution in [0.2, 0.25) is 0 Å². The maximum atomic E-state index is 5.60. The Hall–Kier alpha value is -0.470. The number of furan rings is 1. The number of nitrogens with two attached hydrogens (primary N) is 1. The molecular weight excluding hydrogens is 162 g/mol. The van der Waals surface area contributed by atoms with E-state index in [0.717, 1.165) is 11.5 Å². The third-order valence-electron chi connectivity index (χ3n) is 1.63. The first-order chi connectivity index (χ1) is 4.61. The van der Waals surface area contributed by atoms with Gasteiger partial charge in [-0.3, -0.25) is 0 Å². The van der Waals surface area contributed by atoms with Gasteiger partial charge in [0, 0.05) is 0 Å². The van der Waals surface area contributed by atoms with Crippen LogP contribution < -0.4 is 5.73 Å². The average Bonchev–Trinajstić information content (AvgIpc) is 2.13. The van der Waals surface area contributed by atoms with Gasteiger partial charge in [-0.1, -0.05) is 0 Å². The van der Waals surface area contributed by atoms with Crippen LogP contribution in [-0.2, 0) is 0 Å². The van der Waals surface area contributed by atoms with Crippen LogP contribution in [0, 0.1) is 13.8 Å². The minimum Gasteiger partial charge on any atom is -0.464 e. The van der Waals surface area contributed by atoms with Gasteiger partial charge in [-0.05, 0) is 32.4 Å². The van der Waals surface area contributed by atoms with E-state index in [1.807, 2.05) is 26.8 Å². The fourth-order valence-electron chi connectivity index (χ4n) is 0.826. The summed E-state index contributed by atoms with van der Waals surface area (Å²) in [6, 6.07) is 1.99. The van der Waals surface area contributed by atoms with Gasteiger partial charge in [0.25, 0.3) is 0 Å². The quantitative estimate of drug-likeness (QED) is 0.712. The van der Waals surface area contributed by atoms with Gasteiger partial charge in [0.2, 0.25) is 0 Å².